The van der Waals surface area contributed by atoms with Crippen LogP contribution in [0.5, 0.6) is 5.75 Å². The van der Waals surface area contributed by atoms with Crippen LogP contribution in [0.1, 0.15) is 15.9 Å². The molecule has 0 spiro atoms. The molecule has 0 aliphatic carbocycles. The lowest BCUT2D eigenvalue weighted by Gasteiger charge is -2.11. The van der Waals surface area contributed by atoms with Crippen molar-refractivity contribution in [3.63, 3.8) is 0 Å². The van der Waals surface area contributed by atoms with Crippen LogP contribution in [-0.4, -0.2) is 23.4 Å². The molecule has 0 atom stereocenters. The van der Waals surface area contributed by atoms with Gasteiger partial charge in [0.15, 0.2) is 11.7 Å². The third-order valence-corrected chi connectivity index (χ3v) is 4.15. The van der Waals surface area contributed by atoms with Crippen LogP contribution in [0.15, 0.2) is 60.1 Å². The van der Waals surface area contributed by atoms with Crippen LogP contribution in [0, 0.1) is 6.92 Å². The molecule has 1 aromatic heterocycles. The number of nitrogens with zero attached hydrogens (tertiary/aromatic N) is 1. The summed E-state index contributed by atoms with van der Waals surface area (Å²) in [5.41, 5.74) is 1.82. The fourth-order valence-corrected chi connectivity index (χ4v) is 2.80. The number of aromatic nitrogens is 1. The number of aryl methyl sites for hydroxylation is 1. The maximum Gasteiger partial charge on any atom is 0.262 e. The van der Waals surface area contributed by atoms with E-state index in [1.54, 1.807) is 41.9 Å². The summed E-state index contributed by atoms with van der Waals surface area (Å²) < 4.78 is 5.49. The maximum atomic E-state index is 12.4. The highest BCUT2D eigenvalue weighted by Gasteiger charge is 2.14. The minimum absolute atomic E-state index is 0.147. The molecule has 26 heavy (non-hydrogen) atoms. The molecule has 1 heterocycles. The van der Waals surface area contributed by atoms with Gasteiger partial charge in [-0.3, -0.25) is 14.9 Å². The summed E-state index contributed by atoms with van der Waals surface area (Å²) in [7, 11) is 0. The first kappa shape index (κ1) is 17.6. The zero-order valence-corrected chi connectivity index (χ0v) is 14.9. The van der Waals surface area contributed by atoms with E-state index < -0.39 is 0 Å². The summed E-state index contributed by atoms with van der Waals surface area (Å²) >= 11 is 1.32. The van der Waals surface area contributed by atoms with Crippen molar-refractivity contribution in [2.75, 3.05) is 17.2 Å². The van der Waals surface area contributed by atoms with E-state index in [0.29, 0.717) is 22.1 Å². The quantitative estimate of drug-likeness (QED) is 0.696. The summed E-state index contributed by atoms with van der Waals surface area (Å²) in [6.07, 6.45) is 1.61. The molecule has 2 N–H and O–H groups in total. The van der Waals surface area contributed by atoms with Crippen molar-refractivity contribution in [1.82, 2.24) is 4.98 Å². The maximum absolute atomic E-state index is 12.4. The van der Waals surface area contributed by atoms with Crippen molar-refractivity contribution in [3.8, 4) is 5.75 Å². The summed E-state index contributed by atoms with van der Waals surface area (Å²) in [5, 5.41) is 7.68. The molecule has 0 saturated heterocycles. The molecule has 6 nitrogen and oxygen atoms in total. The molecule has 0 aliphatic heterocycles. The standard InChI is InChI=1S/C19H17N3O3S/c1-13-5-4-6-14(11-13)25-12-17(23)21-16-8-3-2-7-15(16)18(24)22-19-20-9-10-26-19/h2-11H,12H2,1H3,(H,21,23)(H,20,22,24). The van der Waals surface area contributed by atoms with Crippen LogP contribution >= 0.6 is 11.3 Å². The number of para-hydroxylation sites is 1. The van der Waals surface area contributed by atoms with Gasteiger partial charge in [0.25, 0.3) is 11.8 Å². The predicted octanol–water partition coefficient (Wildman–Crippen LogP) is 3.72. The number of amides is 2. The Bertz CT molecular complexity index is 910. The van der Waals surface area contributed by atoms with Gasteiger partial charge >= 0.3 is 0 Å². The molecular weight excluding hydrogens is 350 g/mol. The Labute approximate surface area is 154 Å². The number of ether oxygens (including phenoxy) is 1. The van der Waals surface area contributed by atoms with E-state index in [9.17, 15) is 9.59 Å². The van der Waals surface area contributed by atoms with E-state index in [2.05, 4.69) is 15.6 Å². The van der Waals surface area contributed by atoms with Crippen LogP contribution in [0.4, 0.5) is 10.8 Å². The summed E-state index contributed by atoms with van der Waals surface area (Å²) in [4.78, 5) is 28.6. The summed E-state index contributed by atoms with van der Waals surface area (Å²) in [6, 6.07) is 14.2. The zero-order chi connectivity index (χ0) is 18.4. The van der Waals surface area contributed by atoms with Crippen molar-refractivity contribution in [3.05, 3.63) is 71.2 Å². The second kappa shape index (κ2) is 8.26. The van der Waals surface area contributed by atoms with Crippen molar-refractivity contribution in [2.24, 2.45) is 0 Å². The van der Waals surface area contributed by atoms with E-state index in [0.717, 1.165) is 5.56 Å². The van der Waals surface area contributed by atoms with Crippen LogP contribution in [0.25, 0.3) is 0 Å². The predicted molar refractivity (Wildman–Crippen MR) is 102 cm³/mol. The van der Waals surface area contributed by atoms with Crippen molar-refractivity contribution >= 4 is 34.0 Å². The Kier molecular flexibility index (Phi) is 5.60. The van der Waals surface area contributed by atoms with Crippen molar-refractivity contribution in [1.29, 1.82) is 0 Å². The average Bonchev–Trinajstić information content (AvgIpc) is 3.13. The number of hydrogen-bond acceptors (Lipinski definition) is 5. The molecule has 0 bridgehead atoms. The highest BCUT2D eigenvalue weighted by atomic mass is 32.1. The fourth-order valence-electron chi connectivity index (χ4n) is 2.28. The third-order valence-electron chi connectivity index (χ3n) is 3.46. The topological polar surface area (TPSA) is 80.3 Å². The van der Waals surface area contributed by atoms with Gasteiger partial charge in [-0.2, -0.15) is 0 Å². The third kappa shape index (κ3) is 4.67. The number of rotatable bonds is 6. The first-order chi connectivity index (χ1) is 12.6. The molecule has 132 valence electrons. The van der Waals surface area contributed by atoms with Gasteiger partial charge in [0, 0.05) is 11.6 Å². The Hall–Kier alpha value is -3.19. The van der Waals surface area contributed by atoms with E-state index in [1.165, 1.54) is 11.3 Å². The second-order valence-electron chi connectivity index (χ2n) is 5.49. The van der Waals surface area contributed by atoms with Gasteiger partial charge in [-0.25, -0.2) is 4.98 Å². The molecule has 0 unspecified atom stereocenters. The van der Waals surface area contributed by atoms with E-state index in [-0.39, 0.29) is 18.4 Å². The fraction of sp³-hybridized carbons (Fsp3) is 0.105. The van der Waals surface area contributed by atoms with Crippen LogP contribution in [0.3, 0.4) is 0 Å². The van der Waals surface area contributed by atoms with Gasteiger partial charge in [-0.1, -0.05) is 24.3 Å². The normalized spacial score (nSPS) is 10.2. The SMILES string of the molecule is Cc1cccc(OCC(=O)Nc2ccccc2C(=O)Nc2nccs2)c1. The Balaban J connectivity index is 1.64. The van der Waals surface area contributed by atoms with Gasteiger partial charge < -0.3 is 10.1 Å². The highest BCUT2D eigenvalue weighted by molar-refractivity contribution is 7.13. The number of benzene rings is 2. The molecule has 3 rings (SSSR count). The molecule has 0 saturated carbocycles. The lowest BCUT2D eigenvalue weighted by molar-refractivity contribution is -0.118. The molecule has 2 aromatic carbocycles. The Morgan fingerprint density at radius 2 is 1.96 bits per heavy atom. The van der Waals surface area contributed by atoms with Crippen LogP contribution in [-0.2, 0) is 4.79 Å². The minimum atomic E-state index is -0.346. The lowest BCUT2D eigenvalue weighted by atomic mass is 10.1. The van der Waals surface area contributed by atoms with Gasteiger partial charge in [0.1, 0.15) is 5.75 Å². The molecule has 0 aliphatic rings. The first-order valence-electron chi connectivity index (χ1n) is 7.91. The zero-order valence-electron chi connectivity index (χ0n) is 14.1. The molecular formula is C19H17N3O3S. The second-order valence-corrected chi connectivity index (χ2v) is 6.38. The number of hydrogen-bond donors (Lipinski definition) is 2. The van der Waals surface area contributed by atoms with E-state index in [1.807, 2.05) is 25.1 Å². The number of carbonyl (C=O) groups excluding carboxylic acids is 2. The number of carbonyl (C=O) groups is 2. The largest absolute Gasteiger partial charge is 0.484 e. The smallest absolute Gasteiger partial charge is 0.262 e. The van der Waals surface area contributed by atoms with E-state index in [4.69, 9.17) is 4.74 Å². The van der Waals surface area contributed by atoms with Crippen molar-refractivity contribution < 1.29 is 14.3 Å². The number of anilines is 2. The van der Waals surface area contributed by atoms with Crippen LogP contribution in [0.2, 0.25) is 0 Å². The molecule has 0 fully saturated rings. The Morgan fingerprint density at radius 1 is 1.12 bits per heavy atom. The molecule has 2 amide bonds. The summed E-state index contributed by atoms with van der Waals surface area (Å²) in [6.45, 7) is 1.80. The monoisotopic (exact) mass is 367 g/mol. The van der Waals surface area contributed by atoms with Gasteiger partial charge in [0.05, 0.1) is 11.3 Å². The summed E-state index contributed by atoms with van der Waals surface area (Å²) in [5.74, 6) is -0.0635. The highest BCUT2D eigenvalue weighted by Crippen LogP contribution is 2.19. The Morgan fingerprint density at radius 3 is 2.73 bits per heavy atom. The lowest BCUT2D eigenvalue weighted by Crippen LogP contribution is -2.22. The molecule has 7 heteroatoms. The number of thiazole rings is 1. The van der Waals surface area contributed by atoms with Gasteiger partial charge in [-0.05, 0) is 36.8 Å². The van der Waals surface area contributed by atoms with Crippen molar-refractivity contribution in [2.45, 2.75) is 6.92 Å². The van der Waals surface area contributed by atoms with Gasteiger partial charge in [-0.15, -0.1) is 11.3 Å². The van der Waals surface area contributed by atoms with Gasteiger partial charge in [0.2, 0.25) is 0 Å². The molecule has 0 radical (unpaired) electrons. The first-order valence-corrected chi connectivity index (χ1v) is 8.79. The van der Waals surface area contributed by atoms with E-state index >= 15 is 0 Å². The number of nitrogens with one attached hydrogen (secondary N) is 2. The minimum Gasteiger partial charge on any atom is -0.484 e. The average molecular weight is 367 g/mol. The van der Waals surface area contributed by atoms with Crippen LogP contribution < -0.4 is 15.4 Å². The molecule has 3 aromatic rings.